The molecule has 4 nitrogen and oxygen atoms in total. The molecule has 0 aromatic heterocycles. The van der Waals surface area contributed by atoms with E-state index in [1.165, 1.54) is 0 Å². The van der Waals surface area contributed by atoms with Crippen LogP contribution in [0.4, 0.5) is 5.69 Å². The monoisotopic (exact) mass is 243 g/mol. The van der Waals surface area contributed by atoms with Crippen molar-refractivity contribution in [3.8, 4) is 5.75 Å². The van der Waals surface area contributed by atoms with Crippen LogP contribution in [0.5, 0.6) is 5.75 Å². The van der Waals surface area contributed by atoms with Crippen molar-refractivity contribution in [3.63, 3.8) is 0 Å². The summed E-state index contributed by atoms with van der Waals surface area (Å²) in [5.41, 5.74) is 5.13. The molecule has 1 aromatic rings. The summed E-state index contributed by atoms with van der Waals surface area (Å²) in [5.74, 6) is -0.525. The summed E-state index contributed by atoms with van der Waals surface area (Å²) < 4.78 is 5.35. The summed E-state index contributed by atoms with van der Waals surface area (Å²) in [7, 11) is 0. The van der Waals surface area contributed by atoms with Crippen LogP contribution < -0.4 is 10.5 Å². The summed E-state index contributed by atoms with van der Waals surface area (Å²) in [6.07, 6.45) is 0. The molecule has 16 heavy (non-hydrogen) atoms. The number of rotatable bonds is 4. The first-order valence-electron chi connectivity index (χ1n) is 4.74. The number of hydrogen-bond acceptors (Lipinski definition) is 3. The number of nitrogens with two attached hydrogens (primary N) is 1. The molecular formula is C11H14ClNO3. The Morgan fingerprint density at radius 1 is 1.56 bits per heavy atom. The third-order valence-electron chi connectivity index (χ3n) is 2.12. The van der Waals surface area contributed by atoms with Gasteiger partial charge in [0.05, 0.1) is 10.4 Å². The molecule has 3 N–H and O–H groups in total. The average molecular weight is 244 g/mol. The molecule has 0 radical (unpaired) electrons. The Morgan fingerprint density at radius 2 is 2.19 bits per heavy atom. The molecule has 0 saturated carbocycles. The maximum atomic E-state index is 10.9. The summed E-state index contributed by atoms with van der Waals surface area (Å²) in [6.45, 7) is 3.19. The minimum absolute atomic E-state index is 0.0332. The van der Waals surface area contributed by atoms with E-state index in [0.717, 1.165) is 0 Å². The van der Waals surface area contributed by atoms with E-state index in [9.17, 15) is 4.79 Å². The van der Waals surface area contributed by atoms with E-state index in [-0.39, 0.29) is 6.61 Å². The summed E-state index contributed by atoms with van der Waals surface area (Å²) >= 11 is 5.88. The van der Waals surface area contributed by atoms with E-state index in [1.807, 2.05) is 0 Å². The predicted molar refractivity (Wildman–Crippen MR) is 62.8 cm³/mol. The molecule has 0 aliphatic rings. The van der Waals surface area contributed by atoms with Crippen molar-refractivity contribution >= 4 is 23.3 Å². The molecule has 0 atom stereocenters. The molecule has 0 heterocycles. The minimum atomic E-state index is -0.964. The van der Waals surface area contributed by atoms with Crippen molar-refractivity contribution in [1.29, 1.82) is 0 Å². The van der Waals surface area contributed by atoms with Crippen molar-refractivity contribution in [2.24, 2.45) is 5.41 Å². The molecule has 0 amide bonds. The number of halogens is 1. The van der Waals surface area contributed by atoms with Gasteiger partial charge >= 0.3 is 5.97 Å². The SMILES string of the molecule is CC(C)(COc1cc(N)ccc1Cl)C(=O)O. The second kappa shape index (κ2) is 4.61. The van der Waals surface area contributed by atoms with Crippen LogP contribution >= 0.6 is 11.6 Å². The van der Waals surface area contributed by atoms with E-state index in [2.05, 4.69) is 0 Å². The molecular weight excluding hydrogens is 230 g/mol. The number of ether oxygens (including phenoxy) is 1. The van der Waals surface area contributed by atoms with Gasteiger partial charge in [-0.05, 0) is 26.0 Å². The Balaban J connectivity index is 2.75. The first kappa shape index (κ1) is 12.6. The summed E-state index contributed by atoms with van der Waals surface area (Å²) in [6, 6.07) is 4.83. The van der Waals surface area contributed by atoms with Gasteiger partial charge in [0.25, 0.3) is 0 Å². The second-order valence-corrected chi connectivity index (χ2v) is 4.57. The zero-order valence-electron chi connectivity index (χ0n) is 9.16. The van der Waals surface area contributed by atoms with Gasteiger partial charge in [0.1, 0.15) is 12.4 Å². The fourth-order valence-electron chi connectivity index (χ4n) is 0.950. The average Bonchev–Trinajstić information content (AvgIpc) is 2.19. The topological polar surface area (TPSA) is 72.5 Å². The van der Waals surface area contributed by atoms with Gasteiger partial charge in [-0.2, -0.15) is 0 Å². The molecule has 0 saturated heterocycles. The molecule has 0 fully saturated rings. The number of carboxylic acids is 1. The van der Waals surface area contributed by atoms with Gasteiger partial charge in [-0.25, -0.2) is 0 Å². The molecule has 1 rings (SSSR count). The van der Waals surface area contributed by atoms with Gasteiger partial charge in [-0.3, -0.25) is 4.79 Å². The lowest BCUT2D eigenvalue weighted by Crippen LogP contribution is -2.30. The van der Waals surface area contributed by atoms with Gasteiger partial charge in [-0.15, -0.1) is 0 Å². The van der Waals surface area contributed by atoms with Crippen molar-refractivity contribution in [1.82, 2.24) is 0 Å². The molecule has 0 aliphatic heterocycles. The zero-order chi connectivity index (χ0) is 12.3. The predicted octanol–water partition coefficient (Wildman–Crippen LogP) is 2.41. The fourth-order valence-corrected chi connectivity index (χ4v) is 1.12. The normalized spacial score (nSPS) is 11.2. The Labute approximate surface area is 99.0 Å². The van der Waals surface area contributed by atoms with E-state index >= 15 is 0 Å². The molecule has 0 bridgehead atoms. The van der Waals surface area contributed by atoms with Crippen molar-refractivity contribution < 1.29 is 14.6 Å². The fraction of sp³-hybridized carbons (Fsp3) is 0.364. The molecule has 88 valence electrons. The van der Waals surface area contributed by atoms with E-state index in [4.69, 9.17) is 27.2 Å². The van der Waals surface area contributed by atoms with Crippen LogP contribution in [-0.2, 0) is 4.79 Å². The Bertz CT molecular complexity index is 404. The highest BCUT2D eigenvalue weighted by Crippen LogP contribution is 2.28. The molecule has 0 unspecified atom stereocenters. The zero-order valence-corrected chi connectivity index (χ0v) is 9.91. The van der Waals surface area contributed by atoms with Crippen molar-refractivity contribution in [3.05, 3.63) is 23.2 Å². The maximum Gasteiger partial charge on any atom is 0.312 e. The molecule has 0 aliphatic carbocycles. The smallest absolute Gasteiger partial charge is 0.312 e. The van der Waals surface area contributed by atoms with Crippen LogP contribution in [0, 0.1) is 5.41 Å². The van der Waals surface area contributed by atoms with Crippen LogP contribution in [0.25, 0.3) is 0 Å². The van der Waals surface area contributed by atoms with Crippen LogP contribution in [0.15, 0.2) is 18.2 Å². The summed E-state index contributed by atoms with van der Waals surface area (Å²) in [5, 5.41) is 9.32. The quantitative estimate of drug-likeness (QED) is 0.797. The van der Waals surface area contributed by atoms with Crippen LogP contribution in [0.2, 0.25) is 5.02 Å². The van der Waals surface area contributed by atoms with Crippen molar-refractivity contribution in [2.75, 3.05) is 12.3 Å². The first-order chi connectivity index (χ1) is 7.33. The van der Waals surface area contributed by atoms with Gasteiger partial charge in [0.2, 0.25) is 0 Å². The molecule has 0 spiro atoms. The molecule has 5 heteroatoms. The number of nitrogen functional groups attached to an aromatic ring is 1. The number of carbonyl (C=O) groups is 1. The first-order valence-corrected chi connectivity index (χ1v) is 5.12. The second-order valence-electron chi connectivity index (χ2n) is 4.17. The standard InChI is InChI=1S/C11H14ClNO3/c1-11(2,10(14)15)6-16-9-5-7(13)3-4-8(9)12/h3-5H,6,13H2,1-2H3,(H,14,15). The minimum Gasteiger partial charge on any atom is -0.491 e. The van der Waals surface area contributed by atoms with Crippen LogP contribution in [0.1, 0.15) is 13.8 Å². The lowest BCUT2D eigenvalue weighted by molar-refractivity contribution is -0.148. The van der Waals surface area contributed by atoms with Gasteiger partial charge in [0.15, 0.2) is 0 Å². The van der Waals surface area contributed by atoms with E-state index < -0.39 is 11.4 Å². The maximum absolute atomic E-state index is 10.9. The summed E-state index contributed by atoms with van der Waals surface area (Å²) in [4.78, 5) is 10.9. The number of benzene rings is 1. The third kappa shape index (κ3) is 3.03. The highest BCUT2D eigenvalue weighted by molar-refractivity contribution is 6.32. The number of anilines is 1. The highest BCUT2D eigenvalue weighted by Gasteiger charge is 2.28. The Morgan fingerprint density at radius 3 is 2.75 bits per heavy atom. The van der Waals surface area contributed by atoms with E-state index in [0.29, 0.717) is 16.5 Å². The third-order valence-corrected chi connectivity index (χ3v) is 2.43. The lowest BCUT2D eigenvalue weighted by Gasteiger charge is -2.20. The largest absolute Gasteiger partial charge is 0.491 e. The number of aliphatic carboxylic acids is 1. The van der Waals surface area contributed by atoms with Gasteiger partial charge < -0.3 is 15.6 Å². The van der Waals surface area contributed by atoms with E-state index in [1.54, 1.807) is 32.0 Å². The molecule has 1 aromatic carbocycles. The number of hydrogen-bond donors (Lipinski definition) is 2. The lowest BCUT2D eigenvalue weighted by atomic mass is 9.95. The van der Waals surface area contributed by atoms with Gasteiger partial charge in [0, 0.05) is 11.8 Å². The Hall–Kier alpha value is -1.42. The van der Waals surface area contributed by atoms with Gasteiger partial charge in [-0.1, -0.05) is 11.6 Å². The Kier molecular flexibility index (Phi) is 3.65. The van der Waals surface area contributed by atoms with Crippen LogP contribution in [0.3, 0.4) is 0 Å². The van der Waals surface area contributed by atoms with Crippen LogP contribution in [-0.4, -0.2) is 17.7 Å². The highest BCUT2D eigenvalue weighted by atomic mass is 35.5. The van der Waals surface area contributed by atoms with Crippen molar-refractivity contribution in [2.45, 2.75) is 13.8 Å². The number of carboxylic acid groups (broad SMARTS) is 1.